The van der Waals surface area contributed by atoms with Gasteiger partial charge in [0, 0.05) is 31.1 Å². The van der Waals surface area contributed by atoms with E-state index < -0.39 is 0 Å². The van der Waals surface area contributed by atoms with E-state index >= 15 is 0 Å². The van der Waals surface area contributed by atoms with Gasteiger partial charge in [-0.2, -0.15) is 0 Å². The number of hydrogen-bond donors (Lipinski definition) is 2. The maximum atomic E-state index is 13.6. The molecule has 4 bridgehead atoms. The lowest BCUT2D eigenvalue weighted by atomic mass is 9.90. The molecule has 7 nitrogen and oxygen atoms in total. The molecule has 0 saturated carbocycles. The summed E-state index contributed by atoms with van der Waals surface area (Å²) in [5.41, 5.74) is 1.38. The highest BCUT2D eigenvalue weighted by molar-refractivity contribution is 7.97. The second kappa shape index (κ2) is 11.3. The quantitative estimate of drug-likeness (QED) is 0.406. The number of hydrogen-bond acceptors (Lipinski definition) is 7. The Bertz CT molecular complexity index is 1330. The van der Waals surface area contributed by atoms with E-state index in [9.17, 15) is 4.79 Å². The third-order valence-electron chi connectivity index (χ3n) is 7.92. The van der Waals surface area contributed by atoms with Gasteiger partial charge in [0.2, 0.25) is 0 Å². The molecule has 40 heavy (non-hydrogen) atoms. The normalized spacial score (nSPS) is 24.8. The first-order valence-corrected chi connectivity index (χ1v) is 15.1. The highest BCUT2D eigenvalue weighted by Crippen LogP contribution is 2.40. The van der Waals surface area contributed by atoms with Crippen LogP contribution in [-0.4, -0.2) is 52.0 Å². The van der Waals surface area contributed by atoms with Gasteiger partial charge < -0.3 is 15.1 Å². The van der Waals surface area contributed by atoms with Crippen LogP contribution in [-0.2, 0) is 0 Å². The van der Waals surface area contributed by atoms with Gasteiger partial charge in [-0.1, -0.05) is 45.1 Å². The largest absolute Gasteiger partial charge is 0.372 e. The lowest BCUT2D eigenvalue weighted by Crippen LogP contribution is -2.43. The monoisotopic (exact) mass is 558 g/mol. The predicted molar refractivity (Wildman–Crippen MR) is 166 cm³/mol. The summed E-state index contributed by atoms with van der Waals surface area (Å²) in [6, 6.07) is 10.2. The molecule has 8 heteroatoms. The van der Waals surface area contributed by atoms with Crippen molar-refractivity contribution in [1.82, 2.24) is 19.6 Å². The van der Waals surface area contributed by atoms with Crippen LogP contribution in [0.4, 0.5) is 11.6 Å². The van der Waals surface area contributed by atoms with Crippen LogP contribution >= 0.6 is 11.9 Å². The summed E-state index contributed by atoms with van der Waals surface area (Å²) in [7, 11) is 2.13. The van der Waals surface area contributed by atoms with Crippen LogP contribution in [0.2, 0.25) is 0 Å². The Hall–Kier alpha value is -3.26. The van der Waals surface area contributed by atoms with Crippen molar-refractivity contribution in [3.05, 3.63) is 72.1 Å². The molecule has 2 N–H and O–H groups in total. The number of anilines is 2. The molecule has 0 aromatic carbocycles. The van der Waals surface area contributed by atoms with Gasteiger partial charge in [-0.3, -0.25) is 9.52 Å². The number of fused-ring (bicyclic) bond motifs is 6. The molecule has 0 radical (unpaired) electrons. The Kier molecular flexibility index (Phi) is 8.00. The highest BCUT2D eigenvalue weighted by Gasteiger charge is 2.41. The number of aromatic nitrogens is 2. The van der Waals surface area contributed by atoms with Crippen LogP contribution in [0.15, 0.2) is 65.9 Å². The van der Waals surface area contributed by atoms with Crippen LogP contribution in [0.1, 0.15) is 69.9 Å². The number of likely N-dealkylation sites (N-methyl/N-ethyl adjacent to an activating group) is 1. The lowest BCUT2D eigenvalue weighted by Gasteiger charge is -2.35. The molecular formula is C32H42N6OS. The van der Waals surface area contributed by atoms with E-state index in [1.807, 2.05) is 30.3 Å². The van der Waals surface area contributed by atoms with Gasteiger partial charge in [-0.05, 0) is 87.1 Å². The highest BCUT2D eigenvalue weighted by atomic mass is 32.2. The Labute approximate surface area is 243 Å². The molecule has 0 aliphatic carbocycles. The topological polar surface area (TPSA) is 73.4 Å². The van der Waals surface area contributed by atoms with E-state index in [0.29, 0.717) is 11.5 Å². The van der Waals surface area contributed by atoms with Gasteiger partial charge >= 0.3 is 0 Å². The molecule has 5 rings (SSSR count). The zero-order chi connectivity index (χ0) is 28.5. The summed E-state index contributed by atoms with van der Waals surface area (Å²) in [4.78, 5) is 28.1. The average molecular weight is 559 g/mol. The zero-order valence-corrected chi connectivity index (χ0v) is 25.3. The van der Waals surface area contributed by atoms with Crippen molar-refractivity contribution in [3.8, 4) is 0 Å². The van der Waals surface area contributed by atoms with Crippen LogP contribution in [0.25, 0.3) is 6.08 Å². The molecule has 3 aliphatic rings. The van der Waals surface area contributed by atoms with Crippen molar-refractivity contribution < 1.29 is 4.79 Å². The number of rotatable bonds is 2. The van der Waals surface area contributed by atoms with Gasteiger partial charge in [0.1, 0.15) is 16.7 Å². The van der Waals surface area contributed by atoms with Crippen LogP contribution in [0, 0.1) is 11.3 Å². The molecule has 1 amide bonds. The first-order valence-electron chi connectivity index (χ1n) is 14.2. The minimum atomic E-state index is -0.160. The fourth-order valence-corrected chi connectivity index (χ4v) is 6.48. The summed E-state index contributed by atoms with van der Waals surface area (Å²) in [6.07, 6.45) is 16.0. The summed E-state index contributed by atoms with van der Waals surface area (Å²) < 4.78 is 3.03. The first-order chi connectivity index (χ1) is 19.0. The van der Waals surface area contributed by atoms with Crippen molar-refractivity contribution in [1.29, 1.82) is 0 Å². The van der Waals surface area contributed by atoms with E-state index in [0.717, 1.165) is 48.2 Å². The minimum absolute atomic E-state index is 0.0440. The number of carbonyl (C=O) groups excluding carboxylic acids is 1. The molecule has 5 heterocycles. The van der Waals surface area contributed by atoms with Crippen LogP contribution in [0.3, 0.4) is 0 Å². The van der Waals surface area contributed by atoms with Gasteiger partial charge in [0.05, 0.1) is 23.3 Å². The molecule has 3 atom stereocenters. The number of carbonyl (C=O) groups is 1. The summed E-state index contributed by atoms with van der Waals surface area (Å²) >= 11 is 1.24. The van der Waals surface area contributed by atoms with Crippen molar-refractivity contribution in [2.24, 2.45) is 11.3 Å². The zero-order valence-electron chi connectivity index (χ0n) is 24.5. The van der Waals surface area contributed by atoms with E-state index in [-0.39, 0.29) is 28.9 Å². The second-order valence-corrected chi connectivity index (χ2v) is 13.7. The van der Waals surface area contributed by atoms with E-state index in [1.165, 1.54) is 11.9 Å². The van der Waals surface area contributed by atoms with E-state index in [4.69, 9.17) is 9.97 Å². The summed E-state index contributed by atoms with van der Waals surface area (Å²) in [6.45, 7) is 11.9. The van der Waals surface area contributed by atoms with Crippen molar-refractivity contribution >= 4 is 35.6 Å². The number of pyridine rings is 2. The Morgan fingerprint density at radius 3 is 2.70 bits per heavy atom. The fraction of sp³-hybridized carbons (Fsp3) is 0.469. The smallest absolute Gasteiger partial charge is 0.265 e. The molecule has 1 unspecified atom stereocenters. The van der Waals surface area contributed by atoms with Gasteiger partial charge in [-0.15, -0.1) is 0 Å². The molecule has 1 saturated heterocycles. The predicted octanol–water partition coefficient (Wildman–Crippen LogP) is 6.54. The van der Waals surface area contributed by atoms with Crippen LogP contribution in [0.5, 0.6) is 0 Å². The molecule has 3 aliphatic heterocycles. The average Bonchev–Trinajstić information content (AvgIpc) is 3.22. The molecular weight excluding hydrogens is 516 g/mol. The second-order valence-electron chi connectivity index (χ2n) is 12.9. The molecule has 212 valence electrons. The third kappa shape index (κ3) is 6.54. The lowest BCUT2D eigenvalue weighted by molar-refractivity contribution is 0.0984. The van der Waals surface area contributed by atoms with Crippen molar-refractivity contribution in [2.75, 3.05) is 23.8 Å². The molecule has 1 fully saturated rings. The fourth-order valence-electron chi connectivity index (χ4n) is 5.88. The third-order valence-corrected chi connectivity index (χ3v) is 8.65. The minimum Gasteiger partial charge on any atom is -0.372 e. The summed E-state index contributed by atoms with van der Waals surface area (Å²) in [5, 5.41) is 4.47. The molecule has 0 spiro atoms. The Morgan fingerprint density at radius 1 is 1.10 bits per heavy atom. The van der Waals surface area contributed by atoms with Crippen molar-refractivity contribution in [2.45, 2.75) is 76.5 Å². The van der Waals surface area contributed by atoms with Gasteiger partial charge in [0.25, 0.3) is 5.91 Å². The van der Waals surface area contributed by atoms with E-state index in [1.54, 1.807) is 0 Å². The number of nitrogens with one attached hydrogen (secondary N) is 2. The van der Waals surface area contributed by atoms with Crippen molar-refractivity contribution in [3.63, 3.8) is 0 Å². The Balaban J connectivity index is 1.52. The molecule has 2 aromatic rings. The Morgan fingerprint density at radius 2 is 1.93 bits per heavy atom. The van der Waals surface area contributed by atoms with E-state index in [2.05, 4.69) is 98.1 Å². The summed E-state index contributed by atoms with van der Waals surface area (Å²) in [5.74, 6) is 1.90. The number of allylic oxidation sites excluding steroid dienone is 3. The molecule has 2 aromatic heterocycles. The first kappa shape index (κ1) is 28.3. The van der Waals surface area contributed by atoms with Crippen LogP contribution < -0.4 is 14.9 Å². The standard InChI is InChI=1S/C32H42N6OS/c1-31(2,3)18-17-23-14-15-24-29(33-23)38-21-22(20-32(38,4)5)13-16-25(26-10-7-8-19-37(26)6)34-27-11-9-12-28(35-27)40-36-30(24)39/h7-12,14-15,17-19,22,25-26H,13,16,20-21H2,1-6H3,(H,34,35)(H,36,39)/b18-17+/t22-,25+,26?/m0/s1. The maximum Gasteiger partial charge on any atom is 0.265 e. The van der Waals surface area contributed by atoms with Gasteiger partial charge in [0.15, 0.2) is 0 Å². The number of nitrogens with zero attached hydrogens (tertiary/aromatic N) is 4. The maximum absolute atomic E-state index is 13.6. The van der Waals surface area contributed by atoms with Gasteiger partial charge in [-0.25, -0.2) is 9.97 Å². The SMILES string of the molecule is CN1C=CC=CC1[C@H]1CC[C@@H]2CN(c3nc(/C=C/C(C)(C)C)ccc3C(=O)NSc3cccc(n3)N1)C(C)(C)C2. The number of amides is 1.